The lowest BCUT2D eigenvalue weighted by Gasteiger charge is -2.11. The number of phenolic OH excluding ortho intramolecular Hbond substituents is 1. The van der Waals surface area contributed by atoms with E-state index in [0.29, 0.717) is 11.3 Å². The highest BCUT2D eigenvalue weighted by Gasteiger charge is 2.09. The third-order valence-electron chi connectivity index (χ3n) is 2.28. The van der Waals surface area contributed by atoms with Crippen molar-refractivity contribution in [2.24, 2.45) is 0 Å². The highest BCUT2D eigenvalue weighted by atomic mass is 16.3. The van der Waals surface area contributed by atoms with Gasteiger partial charge in [0.2, 0.25) is 5.69 Å². The molecule has 0 saturated heterocycles. The summed E-state index contributed by atoms with van der Waals surface area (Å²) in [6.07, 6.45) is 1.43. The van der Waals surface area contributed by atoms with E-state index in [4.69, 9.17) is 6.57 Å². The minimum Gasteiger partial charge on any atom is -0.519 e. The number of rotatable bonds is 2. The van der Waals surface area contributed by atoms with Crippen LogP contribution in [0.2, 0.25) is 0 Å². The number of benzene rings is 1. The zero-order valence-corrected chi connectivity index (χ0v) is 9.60. The molecule has 86 valence electrons. The molecule has 0 atom stereocenters. The first-order valence-electron chi connectivity index (χ1n) is 5.23. The minimum absolute atomic E-state index is 0.0540. The zero-order valence-electron chi connectivity index (χ0n) is 9.60. The van der Waals surface area contributed by atoms with Crippen LogP contribution in [0.15, 0.2) is 18.5 Å². The summed E-state index contributed by atoms with van der Waals surface area (Å²) in [5.74, 6) is 0.622. The van der Waals surface area contributed by atoms with Crippen LogP contribution in [0.3, 0.4) is 0 Å². The number of aromatic nitrogens is 2. The van der Waals surface area contributed by atoms with Crippen molar-refractivity contribution < 1.29 is 5.11 Å². The van der Waals surface area contributed by atoms with Gasteiger partial charge in [-0.05, 0) is 26.0 Å². The van der Waals surface area contributed by atoms with Crippen LogP contribution in [0.4, 0.5) is 11.5 Å². The smallest absolute Gasteiger partial charge is 0.228 e. The van der Waals surface area contributed by atoms with Crippen molar-refractivity contribution >= 4 is 22.4 Å². The highest BCUT2D eigenvalue weighted by Crippen LogP contribution is 2.33. The number of nitrogens with one attached hydrogen (secondary N) is 1. The molecule has 0 aliphatic carbocycles. The Labute approximate surface area is 99.0 Å². The summed E-state index contributed by atoms with van der Waals surface area (Å²) < 4.78 is 0. The molecule has 0 saturated carbocycles. The van der Waals surface area contributed by atoms with Crippen LogP contribution in [0.5, 0.6) is 5.75 Å². The summed E-state index contributed by atoms with van der Waals surface area (Å²) in [6, 6.07) is 3.32. The molecule has 2 rings (SSSR count). The quantitative estimate of drug-likeness (QED) is 0.776. The van der Waals surface area contributed by atoms with Gasteiger partial charge in [-0.2, -0.15) is 0 Å². The van der Waals surface area contributed by atoms with Gasteiger partial charge in [0.05, 0.1) is 12.1 Å². The Balaban J connectivity index is 2.66. The predicted molar refractivity (Wildman–Crippen MR) is 66.2 cm³/mol. The number of fused-ring (bicyclic) bond motifs is 1. The van der Waals surface area contributed by atoms with Crippen LogP contribution in [-0.4, -0.2) is 21.1 Å². The molecule has 1 aromatic carbocycles. The second-order valence-electron chi connectivity index (χ2n) is 3.99. The minimum atomic E-state index is -0.0540. The highest BCUT2D eigenvalue weighted by molar-refractivity contribution is 5.93. The van der Waals surface area contributed by atoms with Gasteiger partial charge in [-0.15, -0.1) is 0 Å². The van der Waals surface area contributed by atoms with Crippen molar-refractivity contribution in [3.8, 4) is 5.75 Å². The third-order valence-corrected chi connectivity index (χ3v) is 2.28. The van der Waals surface area contributed by atoms with E-state index >= 15 is 0 Å². The summed E-state index contributed by atoms with van der Waals surface area (Å²) in [4.78, 5) is 11.5. The molecule has 5 nitrogen and oxygen atoms in total. The average molecular weight is 228 g/mol. The van der Waals surface area contributed by atoms with Crippen LogP contribution in [0.1, 0.15) is 13.8 Å². The van der Waals surface area contributed by atoms with Crippen LogP contribution >= 0.6 is 0 Å². The fraction of sp³-hybridized carbons (Fsp3) is 0.250. The van der Waals surface area contributed by atoms with Gasteiger partial charge in [-0.3, -0.25) is 0 Å². The topological polar surface area (TPSA) is 62.4 Å². The second kappa shape index (κ2) is 4.26. The molecule has 0 fully saturated rings. The first kappa shape index (κ1) is 11.1. The maximum atomic E-state index is 9.59. The van der Waals surface area contributed by atoms with Crippen molar-refractivity contribution in [1.82, 2.24) is 9.97 Å². The molecule has 1 aromatic heterocycles. The molecule has 0 bridgehead atoms. The third kappa shape index (κ3) is 2.11. The maximum absolute atomic E-state index is 9.59. The van der Waals surface area contributed by atoms with E-state index in [9.17, 15) is 5.11 Å². The van der Waals surface area contributed by atoms with Crippen molar-refractivity contribution in [2.75, 3.05) is 5.32 Å². The van der Waals surface area contributed by atoms with Gasteiger partial charge in [-0.1, -0.05) is 0 Å². The largest absolute Gasteiger partial charge is 0.519 e. The Morgan fingerprint density at radius 3 is 2.76 bits per heavy atom. The normalized spacial score (nSPS) is 10.5. The Morgan fingerprint density at radius 1 is 1.35 bits per heavy atom. The molecule has 0 radical (unpaired) electrons. The Hall–Kier alpha value is -2.35. The molecular formula is C12H12N4O. The lowest BCUT2D eigenvalue weighted by molar-refractivity contribution is 0.479. The Bertz CT molecular complexity index is 601. The second-order valence-corrected chi connectivity index (χ2v) is 3.99. The molecule has 17 heavy (non-hydrogen) atoms. The van der Waals surface area contributed by atoms with Crippen molar-refractivity contribution in [1.29, 1.82) is 0 Å². The number of hydrogen-bond donors (Lipinski definition) is 2. The summed E-state index contributed by atoms with van der Waals surface area (Å²) in [6.45, 7) is 11.0. The van der Waals surface area contributed by atoms with Gasteiger partial charge in [0.15, 0.2) is 0 Å². The summed E-state index contributed by atoms with van der Waals surface area (Å²) in [5, 5.41) is 13.5. The average Bonchev–Trinajstić information content (AvgIpc) is 2.27. The molecule has 1 heterocycles. The molecule has 0 spiro atoms. The van der Waals surface area contributed by atoms with Gasteiger partial charge in [0.1, 0.15) is 17.9 Å². The predicted octanol–water partition coefficient (Wildman–Crippen LogP) is 2.71. The van der Waals surface area contributed by atoms with Crippen LogP contribution in [0.25, 0.3) is 15.7 Å². The lowest BCUT2D eigenvalue weighted by atomic mass is 10.2. The van der Waals surface area contributed by atoms with E-state index in [2.05, 4.69) is 20.1 Å². The van der Waals surface area contributed by atoms with Gasteiger partial charge in [-0.25, -0.2) is 14.8 Å². The molecule has 0 aliphatic heterocycles. The fourth-order valence-electron chi connectivity index (χ4n) is 1.56. The first-order chi connectivity index (χ1) is 8.11. The van der Waals surface area contributed by atoms with Gasteiger partial charge >= 0.3 is 0 Å². The van der Waals surface area contributed by atoms with E-state index in [-0.39, 0.29) is 17.5 Å². The molecular weight excluding hydrogens is 216 g/mol. The number of phenols is 1. The number of hydrogen-bond acceptors (Lipinski definition) is 4. The van der Waals surface area contributed by atoms with E-state index in [0.717, 1.165) is 5.39 Å². The number of aromatic hydroxyl groups is 1. The Morgan fingerprint density at radius 2 is 2.12 bits per heavy atom. The van der Waals surface area contributed by atoms with Crippen LogP contribution in [0, 0.1) is 6.57 Å². The van der Waals surface area contributed by atoms with Crippen molar-refractivity contribution in [2.45, 2.75) is 19.9 Å². The van der Waals surface area contributed by atoms with Crippen LogP contribution in [-0.2, 0) is 0 Å². The fourth-order valence-corrected chi connectivity index (χ4v) is 1.56. The molecule has 5 heteroatoms. The zero-order chi connectivity index (χ0) is 12.4. The summed E-state index contributed by atoms with van der Waals surface area (Å²) in [7, 11) is 0. The van der Waals surface area contributed by atoms with E-state index in [1.807, 2.05) is 13.8 Å². The summed E-state index contributed by atoms with van der Waals surface area (Å²) in [5.41, 5.74) is 0.826. The molecule has 2 N–H and O–H groups in total. The summed E-state index contributed by atoms with van der Waals surface area (Å²) >= 11 is 0. The van der Waals surface area contributed by atoms with Gasteiger partial charge < -0.3 is 10.4 Å². The van der Waals surface area contributed by atoms with E-state index in [1.165, 1.54) is 12.4 Å². The molecule has 0 amide bonds. The lowest BCUT2D eigenvalue weighted by Crippen LogP contribution is -2.11. The monoisotopic (exact) mass is 228 g/mol. The molecule has 2 aromatic rings. The van der Waals surface area contributed by atoms with E-state index < -0.39 is 0 Å². The first-order valence-corrected chi connectivity index (χ1v) is 5.23. The van der Waals surface area contributed by atoms with Crippen molar-refractivity contribution in [3.63, 3.8) is 0 Å². The molecule has 0 unspecified atom stereocenters. The maximum Gasteiger partial charge on any atom is 0.228 e. The van der Waals surface area contributed by atoms with Crippen LogP contribution < -0.4 is 5.32 Å². The van der Waals surface area contributed by atoms with Gasteiger partial charge in [0, 0.05) is 11.4 Å². The van der Waals surface area contributed by atoms with Crippen molar-refractivity contribution in [3.05, 3.63) is 29.9 Å². The Kier molecular flexibility index (Phi) is 2.79. The van der Waals surface area contributed by atoms with Gasteiger partial charge in [0.25, 0.3) is 0 Å². The van der Waals surface area contributed by atoms with E-state index in [1.54, 1.807) is 6.07 Å². The standard InChI is InChI=1S/C12H12N4O/c1-7(2)16-12-8-4-10(13-3)11(17)5-9(8)14-6-15-12/h4-7,17H,1-2H3,(H,14,15,16). The number of anilines is 1. The molecule has 0 aliphatic rings. The SMILES string of the molecule is [C-]#[N+]c1cc2c(NC(C)C)ncnc2cc1O. The number of nitrogens with zero attached hydrogens (tertiary/aromatic N) is 3.